The zero-order valence-corrected chi connectivity index (χ0v) is 24.0. The fourth-order valence-corrected chi connectivity index (χ4v) is 7.08. The van der Waals surface area contributed by atoms with Crippen LogP contribution < -0.4 is 10.1 Å². The Labute approximate surface area is 233 Å². The molecule has 2 aromatic rings. The van der Waals surface area contributed by atoms with Crippen molar-refractivity contribution >= 4 is 55.0 Å². The van der Waals surface area contributed by atoms with Gasteiger partial charge in [0.25, 0.3) is 5.91 Å². The Morgan fingerprint density at radius 2 is 1.57 bits per heavy atom. The summed E-state index contributed by atoms with van der Waals surface area (Å²) in [6.07, 6.45) is 4.32. The minimum atomic E-state index is -0.395. The first kappa shape index (κ1) is 25.9. The molecule has 192 valence electrons. The maximum Gasteiger partial charge on any atom is 0.262 e. The molecule has 2 aliphatic carbocycles. The van der Waals surface area contributed by atoms with Gasteiger partial charge in [0, 0.05) is 54.0 Å². The zero-order valence-electron chi connectivity index (χ0n) is 20.8. The van der Waals surface area contributed by atoms with Crippen LogP contribution in [0.4, 0.5) is 5.69 Å². The van der Waals surface area contributed by atoms with Crippen LogP contribution in [0.2, 0.25) is 0 Å². The molecule has 1 heterocycles. The highest BCUT2D eigenvalue weighted by molar-refractivity contribution is 9.11. The summed E-state index contributed by atoms with van der Waals surface area (Å²) in [5.74, 6) is 0.0540. The molecular weight excluding hydrogens is 600 g/mol. The maximum absolute atomic E-state index is 13.2. The SMILES string of the molecule is Cc1cccc(NC(=O)COc2c(Br)cc(C3C4=C(CCCC4=O)N(C)C4=C3C(=O)CCC4)cc2Br)c1. The lowest BCUT2D eigenvalue weighted by atomic mass is 9.71. The number of hydrogen-bond acceptors (Lipinski definition) is 5. The number of amides is 1. The largest absolute Gasteiger partial charge is 0.481 e. The molecule has 8 heteroatoms. The number of anilines is 1. The van der Waals surface area contributed by atoms with Crippen LogP contribution in [0.15, 0.2) is 67.9 Å². The van der Waals surface area contributed by atoms with E-state index in [4.69, 9.17) is 4.74 Å². The molecule has 37 heavy (non-hydrogen) atoms. The number of halogens is 2. The summed E-state index contributed by atoms with van der Waals surface area (Å²) < 4.78 is 7.17. The van der Waals surface area contributed by atoms with E-state index in [1.165, 1.54) is 0 Å². The van der Waals surface area contributed by atoms with E-state index in [1.54, 1.807) is 0 Å². The van der Waals surface area contributed by atoms with Crippen molar-refractivity contribution < 1.29 is 19.1 Å². The second-order valence-corrected chi connectivity index (χ2v) is 11.5. The van der Waals surface area contributed by atoms with Crippen molar-refractivity contribution in [3.8, 4) is 5.75 Å². The highest BCUT2D eigenvalue weighted by Gasteiger charge is 2.42. The Morgan fingerprint density at radius 1 is 0.973 bits per heavy atom. The molecule has 0 radical (unpaired) electrons. The third-order valence-electron chi connectivity index (χ3n) is 7.25. The molecule has 0 fully saturated rings. The molecule has 6 nitrogen and oxygen atoms in total. The summed E-state index contributed by atoms with van der Waals surface area (Å²) in [5, 5.41) is 2.84. The first-order chi connectivity index (χ1) is 17.7. The van der Waals surface area contributed by atoms with Gasteiger partial charge in [-0.15, -0.1) is 0 Å². The van der Waals surface area contributed by atoms with Crippen LogP contribution in [0.5, 0.6) is 5.75 Å². The first-order valence-electron chi connectivity index (χ1n) is 12.5. The molecule has 3 aliphatic rings. The number of ketones is 2. The number of hydrogen-bond donors (Lipinski definition) is 1. The van der Waals surface area contributed by atoms with Crippen molar-refractivity contribution in [2.24, 2.45) is 0 Å². The number of aryl methyl sites for hydroxylation is 1. The van der Waals surface area contributed by atoms with Crippen molar-refractivity contribution in [1.82, 2.24) is 4.90 Å². The topological polar surface area (TPSA) is 75.7 Å². The number of rotatable bonds is 5. The standard InChI is InChI=1S/C29H28Br2N2O4/c1-16-6-3-7-18(12-16)32-25(36)15-37-29-19(30)13-17(14-20(29)31)26-27-21(8-4-10-23(27)34)33(2)22-9-5-11-24(35)28(22)26/h3,6-7,12-14,26H,4-5,8-11,15H2,1-2H3,(H,32,36). The van der Waals surface area contributed by atoms with Gasteiger partial charge in [-0.1, -0.05) is 12.1 Å². The van der Waals surface area contributed by atoms with Crippen LogP contribution in [0.3, 0.4) is 0 Å². The fourth-order valence-electron chi connectivity index (χ4n) is 5.63. The third-order valence-corrected chi connectivity index (χ3v) is 8.43. The average molecular weight is 628 g/mol. The lowest BCUT2D eigenvalue weighted by Crippen LogP contribution is -2.37. The van der Waals surface area contributed by atoms with E-state index in [1.807, 2.05) is 50.4 Å². The van der Waals surface area contributed by atoms with E-state index in [-0.39, 0.29) is 24.1 Å². The van der Waals surface area contributed by atoms with Crippen LogP contribution in [-0.4, -0.2) is 36.0 Å². The van der Waals surface area contributed by atoms with Gasteiger partial charge in [0.1, 0.15) is 5.75 Å². The number of Topliss-reactive ketones (excluding diaryl/α,β-unsaturated/α-hetero) is 2. The van der Waals surface area contributed by atoms with Gasteiger partial charge >= 0.3 is 0 Å². The van der Waals surface area contributed by atoms with E-state index < -0.39 is 5.92 Å². The zero-order chi connectivity index (χ0) is 26.3. The van der Waals surface area contributed by atoms with Gasteiger partial charge in [0.15, 0.2) is 18.2 Å². The first-order valence-corrected chi connectivity index (χ1v) is 14.1. The molecule has 5 rings (SSSR count). The molecule has 0 aromatic heterocycles. The molecule has 0 saturated heterocycles. The molecule has 0 unspecified atom stereocenters. The quantitative estimate of drug-likeness (QED) is 0.405. The Morgan fingerprint density at radius 3 is 2.14 bits per heavy atom. The molecule has 1 N–H and O–H groups in total. The summed E-state index contributed by atoms with van der Waals surface area (Å²) in [6, 6.07) is 11.4. The van der Waals surface area contributed by atoms with E-state index in [9.17, 15) is 14.4 Å². The van der Waals surface area contributed by atoms with E-state index >= 15 is 0 Å². The Balaban J connectivity index is 1.45. The highest BCUT2D eigenvalue weighted by Crippen LogP contribution is 2.50. The number of nitrogens with one attached hydrogen (secondary N) is 1. The molecule has 0 saturated carbocycles. The Kier molecular flexibility index (Phi) is 7.41. The number of benzene rings is 2. The lowest BCUT2D eigenvalue weighted by Gasteiger charge is -2.42. The van der Waals surface area contributed by atoms with Crippen LogP contribution in [0, 0.1) is 6.92 Å². The number of carbonyl (C=O) groups excluding carboxylic acids is 3. The number of ether oxygens (including phenoxy) is 1. The van der Waals surface area contributed by atoms with Crippen molar-refractivity contribution in [3.63, 3.8) is 0 Å². The van der Waals surface area contributed by atoms with Crippen molar-refractivity contribution in [3.05, 3.63) is 79.0 Å². The second kappa shape index (κ2) is 10.6. The predicted molar refractivity (Wildman–Crippen MR) is 149 cm³/mol. The summed E-state index contributed by atoms with van der Waals surface area (Å²) >= 11 is 7.22. The molecule has 1 aliphatic heterocycles. The number of nitrogens with zero attached hydrogens (tertiary/aromatic N) is 1. The molecule has 0 bridgehead atoms. The summed E-state index contributed by atoms with van der Waals surface area (Å²) in [6.45, 7) is 1.80. The number of allylic oxidation sites excluding steroid dienone is 4. The van der Waals surface area contributed by atoms with E-state index in [0.29, 0.717) is 33.2 Å². The molecule has 0 spiro atoms. The van der Waals surface area contributed by atoms with Crippen molar-refractivity contribution in [2.45, 2.75) is 51.4 Å². The van der Waals surface area contributed by atoms with Crippen LogP contribution >= 0.6 is 31.9 Å². The van der Waals surface area contributed by atoms with Gasteiger partial charge in [-0.3, -0.25) is 14.4 Å². The van der Waals surface area contributed by atoms with Gasteiger partial charge in [0.05, 0.1) is 8.95 Å². The molecule has 1 amide bonds. The molecular formula is C29H28Br2N2O4. The van der Waals surface area contributed by atoms with Gasteiger partial charge in [-0.2, -0.15) is 0 Å². The van der Waals surface area contributed by atoms with Crippen LogP contribution in [0.25, 0.3) is 0 Å². The number of carbonyl (C=O) groups is 3. The average Bonchev–Trinajstić information content (AvgIpc) is 2.85. The predicted octanol–water partition coefficient (Wildman–Crippen LogP) is 6.58. The minimum absolute atomic E-state index is 0.114. The van der Waals surface area contributed by atoms with E-state index in [2.05, 4.69) is 42.1 Å². The summed E-state index contributed by atoms with van der Waals surface area (Å²) in [7, 11) is 1.99. The van der Waals surface area contributed by atoms with Crippen LogP contribution in [0.1, 0.15) is 55.6 Å². The van der Waals surface area contributed by atoms with Gasteiger partial charge in [-0.05, 0) is 99.9 Å². The smallest absolute Gasteiger partial charge is 0.262 e. The van der Waals surface area contributed by atoms with Crippen LogP contribution in [-0.2, 0) is 14.4 Å². The van der Waals surface area contributed by atoms with Crippen molar-refractivity contribution in [2.75, 3.05) is 19.0 Å². The Hall–Kier alpha value is -2.71. The monoisotopic (exact) mass is 626 g/mol. The van der Waals surface area contributed by atoms with Crippen molar-refractivity contribution in [1.29, 1.82) is 0 Å². The fraction of sp³-hybridized carbons (Fsp3) is 0.345. The van der Waals surface area contributed by atoms with Gasteiger partial charge in [0.2, 0.25) is 0 Å². The lowest BCUT2D eigenvalue weighted by molar-refractivity contribution is -0.118. The summed E-state index contributed by atoms with van der Waals surface area (Å²) in [4.78, 5) is 41.0. The van der Waals surface area contributed by atoms with Gasteiger partial charge in [-0.25, -0.2) is 0 Å². The Bertz CT molecular complexity index is 1310. The molecule has 0 atom stereocenters. The summed E-state index contributed by atoms with van der Waals surface area (Å²) in [5.41, 5.74) is 6.18. The highest BCUT2D eigenvalue weighted by atomic mass is 79.9. The van der Waals surface area contributed by atoms with E-state index in [0.717, 1.165) is 59.4 Å². The second-order valence-electron chi connectivity index (χ2n) is 9.79. The normalized spacial score (nSPS) is 18.1. The maximum atomic E-state index is 13.2. The molecule has 2 aromatic carbocycles. The van der Waals surface area contributed by atoms with Gasteiger partial charge < -0.3 is 15.0 Å². The minimum Gasteiger partial charge on any atom is -0.481 e. The third kappa shape index (κ3) is 5.06.